The van der Waals surface area contributed by atoms with Gasteiger partial charge in [0.25, 0.3) is 0 Å². The van der Waals surface area contributed by atoms with E-state index in [1.165, 1.54) is 48.5 Å². The highest BCUT2D eigenvalue weighted by atomic mass is 32.1. The Balaban J connectivity index is 1.84. The van der Waals surface area contributed by atoms with Crippen LogP contribution in [0.4, 0.5) is 0 Å². The topological polar surface area (TPSA) is 425 Å². The van der Waals surface area contributed by atoms with Gasteiger partial charge in [0.15, 0.2) is 0 Å². The van der Waals surface area contributed by atoms with Crippen molar-refractivity contribution < 1.29 is 78.3 Å². The zero-order valence-electron chi connectivity index (χ0n) is 39.5. The van der Waals surface area contributed by atoms with Crippen LogP contribution >= 0.6 is 25.3 Å². The SMILES string of the molecule is NC(=O)CC[C@H](NC(=O)[C@H](CCC(=O)O)NC(=O)[C@H](CC(=O)O)NC(=O)[C@H](CS)NC(=O)[C@@H](N)Cc1ccc(O)cc1)C(=O)N[C@@H](Cc1ccccc1)C(=O)N[C@@H](CS)C(=O)N[C@@H](Cc1ccc(O)cc1)C(=O)O. The normalized spacial score (nSPS) is 14.1. The van der Waals surface area contributed by atoms with Crippen LogP contribution in [-0.2, 0) is 72.0 Å². The summed E-state index contributed by atoms with van der Waals surface area (Å²) < 4.78 is 0. The van der Waals surface area contributed by atoms with Gasteiger partial charge in [0.05, 0.1) is 12.5 Å². The fourth-order valence-corrected chi connectivity index (χ4v) is 7.40. The molecule has 0 unspecified atom stereocenters. The molecule has 0 fully saturated rings. The van der Waals surface area contributed by atoms with Gasteiger partial charge in [0.1, 0.15) is 53.8 Å². The first-order valence-electron chi connectivity index (χ1n) is 22.6. The molecule has 27 heteroatoms. The molecule has 0 aliphatic heterocycles. The maximum Gasteiger partial charge on any atom is 0.326 e. The highest BCUT2D eigenvalue weighted by Crippen LogP contribution is 2.14. The van der Waals surface area contributed by atoms with Crippen LogP contribution in [0, 0.1) is 0 Å². The Morgan fingerprint density at radius 3 is 1.26 bits per heavy atom. The second kappa shape index (κ2) is 30.2. The van der Waals surface area contributed by atoms with Gasteiger partial charge in [-0.1, -0.05) is 54.6 Å². The molecule has 25 nitrogen and oxygen atoms in total. The van der Waals surface area contributed by atoms with Crippen LogP contribution in [0.25, 0.3) is 0 Å². The number of benzene rings is 3. The van der Waals surface area contributed by atoms with Crippen LogP contribution < -0.4 is 48.7 Å². The molecule has 16 N–H and O–H groups in total. The van der Waals surface area contributed by atoms with Gasteiger partial charge in [-0.05, 0) is 60.2 Å². The number of amides is 8. The van der Waals surface area contributed by atoms with Gasteiger partial charge in [-0.2, -0.15) is 25.3 Å². The van der Waals surface area contributed by atoms with Crippen molar-refractivity contribution in [3.8, 4) is 11.5 Å². The third kappa shape index (κ3) is 21.0. The van der Waals surface area contributed by atoms with Crippen molar-refractivity contribution in [3.05, 3.63) is 95.6 Å². The largest absolute Gasteiger partial charge is 0.508 e. The van der Waals surface area contributed by atoms with Gasteiger partial charge in [-0.15, -0.1) is 0 Å². The zero-order chi connectivity index (χ0) is 55.1. The Bertz CT molecular complexity index is 2470. The summed E-state index contributed by atoms with van der Waals surface area (Å²) in [5.74, 6) is -13.9. The van der Waals surface area contributed by atoms with Crippen molar-refractivity contribution in [3.63, 3.8) is 0 Å². The third-order valence-electron chi connectivity index (χ3n) is 10.9. The lowest BCUT2D eigenvalue weighted by Crippen LogP contribution is -2.61. The highest BCUT2D eigenvalue weighted by Gasteiger charge is 2.35. The summed E-state index contributed by atoms with van der Waals surface area (Å²) in [7, 11) is 0. The van der Waals surface area contributed by atoms with Crippen molar-refractivity contribution in [2.45, 2.75) is 99.7 Å². The molecule has 8 atom stereocenters. The predicted molar refractivity (Wildman–Crippen MR) is 268 cm³/mol. The predicted octanol–water partition coefficient (Wildman–Crippen LogP) is -2.60. The first-order chi connectivity index (χ1) is 35.0. The minimum Gasteiger partial charge on any atom is -0.508 e. The Morgan fingerprint density at radius 1 is 0.432 bits per heavy atom. The first-order valence-corrected chi connectivity index (χ1v) is 23.9. The number of carboxylic acids is 3. The lowest BCUT2D eigenvalue weighted by atomic mass is 10.0. The molecule has 3 aromatic carbocycles. The number of phenols is 2. The zero-order valence-corrected chi connectivity index (χ0v) is 41.3. The molecule has 0 heterocycles. The summed E-state index contributed by atoms with van der Waals surface area (Å²) in [6.45, 7) is 0. The summed E-state index contributed by atoms with van der Waals surface area (Å²) in [5, 5.41) is 64.4. The summed E-state index contributed by atoms with van der Waals surface area (Å²) >= 11 is 8.24. The number of carbonyl (C=O) groups is 11. The number of carbonyl (C=O) groups excluding carboxylic acids is 8. The number of nitrogens with two attached hydrogens (primary N) is 2. The van der Waals surface area contributed by atoms with E-state index < -0.39 is 146 Å². The maximum atomic E-state index is 14.1. The average Bonchev–Trinajstić information content (AvgIpc) is 3.35. The van der Waals surface area contributed by atoms with E-state index in [0.717, 1.165) is 0 Å². The fourth-order valence-electron chi connectivity index (χ4n) is 6.88. The average molecular weight is 1070 g/mol. The second-order valence-corrected chi connectivity index (χ2v) is 17.4. The smallest absolute Gasteiger partial charge is 0.326 e. The number of primary amides is 1. The van der Waals surface area contributed by atoms with Gasteiger partial charge < -0.3 is 74.2 Å². The van der Waals surface area contributed by atoms with Gasteiger partial charge in [0, 0.05) is 37.2 Å². The lowest BCUT2D eigenvalue weighted by molar-refractivity contribution is -0.142. The van der Waals surface area contributed by atoms with Crippen molar-refractivity contribution in [2.75, 3.05) is 11.5 Å². The Labute approximate surface area is 434 Å². The number of aromatic hydroxyl groups is 2. The molecule has 3 aromatic rings. The van der Waals surface area contributed by atoms with Crippen LogP contribution in [0.1, 0.15) is 48.8 Å². The van der Waals surface area contributed by atoms with Gasteiger partial charge in [0.2, 0.25) is 47.3 Å². The Morgan fingerprint density at radius 2 is 0.797 bits per heavy atom. The van der Waals surface area contributed by atoms with E-state index >= 15 is 0 Å². The van der Waals surface area contributed by atoms with Crippen molar-refractivity contribution in [2.24, 2.45) is 11.5 Å². The van der Waals surface area contributed by atoms with E-state index in [4.69, 9.17) is 11.5 Å². The molecule has 74 heavy (non-hydrogen) atoms. The van der Waals surface area contributed by atoms with Gasteiger partial charge in [-0.25, -0.2) is 4.79 Å². The number of aliphatic carboxylic acids is 3. The van der Waals surface area contributed by atoms with E-state index in [-0.39, 0.29) is 42.3 Å². The number of thiol groups is 2. The quantitative estimate of drug-likeness (QED) is 0.0294. The molecule has 8 amide bonds. The number of hydrogen-bond donors (Lipinski definition) is 16. The summed E-state index contributed by atoms with van der Waals surface area (Å²) in [6, 6.07) is 6.63. The number of hydrogen-bond acceptors (Lipinski definition) is 16. The van der Waals surface area contributed by atoms with Crippen molar-refractivity contribution in [1.29, 1.82) is 0 Å². The van der Waals surface area contributed by atoms with Gasteiger partial charge in [-0.3, -0.25) is 47.9 Å². The van der Waals surface area contributed by atoms with E-state index in [9.17, 15) is 78.3 Å². The molecule has 0 spiro atoms. The molecule has 400 valence electrons. The van der Waals surface area contributed by atoms with E-state index in [1.807, 2.05) is 0 Å². The number of phenolic OH excluding ortho intramolecular Hbond substituents is 2. The maximum absolute atomic E-state index is 14.1. The molecular formula is C47H59N9O16S2. The van der Waals surface area contributed by atoms with Crippen LogP contribution in [0.15, 0.2) is 78.9 Å². The molecule has 0 aromatic heterocycles. The Hall–Kier alpha value is -7.91. The molecule has 0 bridgehead atoms. The molecule has 0 saturated heterocycles. The standard InChI is InChI=1S/C47H59N9O16S2/c48-29(18-25-6-10-27(57)11-7-25)40(64)55-35(22-73)45(69)53-33(21-39(62)63)44(68)51-31(15-17-38(60)61)41(65)50-30(14-16-37(49)59)42(66)52-32(19-24-4-2-1-3-5-24)43(67)56-36(23-74)46(70)54-34(47(71)72)20-26-8-12-28(58)13-9-26/h1-13,29-36,57-58,73-74H,14-23,48H2,(H2,49,59)(H,50,65)(H,51,68)(H,52,66)(H,53,69)(H,54,70)(H,55,64)(H,56,67)(H,60,61)(H,62,63)(H,71,72)/t29-,30-,31-,32-,33-,34-,35-,36-/m0/s1. The van der Waals surface area contributed by atoms with Crippen LogP contribution in [0.2, 0.25) is 0 Å². The van der Waals surface area contributed by atoms with Gasteiger partial charge >= 0.3 is 17.9 Å². The van der Waals surface area contributed by atoms with E-state index in [0.29, 0.717) is 16.7 Å². The molecule has 0 radical (unpaired) electrons. The Kier molecular flexibility index (Phi) is 24.6. The van der Waals surface area contributed by atoms with Crippen LogP contribution in [0.5, 0.6) is 11.5 Å². The lowest BCUT2D eigenvalue weighted by Gasteiger charge is -2.27. The summed E-state index contributed by atoms with van der Waals surface area (Å²) in [6.07, 6.45) is -4.11. The molecule has 0 saturated carbocycles. The minimum atomic E-state index is -1.96. The first kappa shape index (κ1) is 60.4. The van der Waals surface area contributed by atoms with Crippen molar-refractivity contribution in [1.82, 2.24) is 37.2 Å². The molecule has 0 aliphatic carbocycles. The second-order valence-electron chi connectivity index (χ2n) is 16.7. The molecule has 3 rings (SSSR count). The van der Waals surface area contributed by atoms with E-state index in [2.05, 4.69) is 62.5 Å². The summed E-state index contributed by atoms with van der Waals surface area (Å²) in [4.78, 5) is 143. The molecular weight excluding hydrogens is 1010 g/mol. The minimum absolute atomic E-state index is 0.0222. The monoisotopic (exact) mass is 1070 g/mol. The number of nitrogens with one attached hydrogen (secondary N) is 7. The molecule has 0 aliphatic rings. The fraction of sp³-hybridized carbons (Fsp3) is 0.383. The number of rotatable bonds is 31. The van der Waals surface area contributed by atoms with Crippen LogP contribution in [0.3, 0.4) is 0 Å². The third-order valence-corrected chi connectivity index (χ3v) is 11.6. The van der Waals surface area contributed by atoms with E-state index in [1.54, 1.807) is 30.3 Å². The summed E-state index contributed by atoms with van der Waals surface area (Å²) in [5.41, 5.74) is 12.9. The van der Waals surface area contributed by atoms with Crippen LogP contribution in [-0.4, -0.2) is 151 Å². The number of carboxylic acid groups (broad SMARTS) is 3. The van der Waals surface area contributed by atoms with Crippen molar-refractivity contribution >= 4 is 90.4 Å². The highest BCUT2D eigenvalue weighted by molar-refractivity contribution is 7.80.